The number of methoxy groups -OCH3 is 1. The van der Waals surface area contributed by atoms with Crippen molar-refractivity contribution in [1.29, 1.82) is 0 Å². The second kappa shape index (κ2) is 10.8. The van der Waals surface area contributed by atoms with Crippen LogP contribution in [0.3, 0.4) is 0 Å². The molecule has 0 aromatic heterocycles. The Labute approximate surface area is 229 Å². The number of hydrogen-bond donors (Lipinski definition) is 1. The summed E-state index contributed by atoms with van der Waals surface area (Å²) in [5, 5.41) is 2.27. The number of imide groups is 2. The molecular formula is C29H27IN2O5. The standard InChI is InChI=1S/C29H27IN2O5/c1-16-6-8-20(10-18(16)3)15-37-26-24(30)13-21(14-25(26)36-5)12-23-27(33)31-29(35)32(28(23)34)22-9-7-17(2)19(4)11-22/h6-14H,15H2,1-5H3,(H,31,33,35)/b23-12+. The summed E-state index contributed by atoms with van der Waals surface area (Å²) in [4.78, 5) is 39.4. The van der Waals surface area contributed by atoms with Crippen molar-refractivity contribution in [3.8, 4) is 11.5 Å². The van der Waals surface area contributed by atoms with Gasteiger partial charge in [-0.1, -0.05) is 24.3 Å². The Morgan fingerprint density at radius 3 is 2.22 bits per heavy atom. The van der Waals surface area contributed by atoms with E-state index in [0.717, 1.165) is 25.2 Å². The number of anilines is 1. The molecule has 190 valence electrons. The van der Waals surface area contributed by atoms with Gasteiger partial charge in [-0.05, 0) is 114 Å². The van der Waals surface area contributed by atoms with E-state index in [9.17, 15) is 14.4 Å². The third-order valence-corrected chi connectivity index (χ3v) is 7.17. The van der Waals surface area contributed by atoms with Gasteiger partial charge < -0.3 is 9.47 Å². The van der Waals surface area contributed by atoms with Crippen molar-refractivity contribution < 1.29 is 23.9 Å². The number of carbonyl (C=O) groups is 3. The van der Waals surface area contributed by atoms with Crippen LogP contribution in [0.1, 0.15) is 33.4 Å². The Kier molecular flexibility index (Phi) is 7.68. The highest BCUT2D eigenvalue weighted by Gasteiger charge is 2.37. The smallest absolute Gasteiger partial charge is 0.335 e. The molecule has 0 spiro atoms. The third-order valence-electron chi connectivity index (χ3n) is 6.37. The molecule has 3 aromatic rings. The van der Waals surface area contributed by atoms with Crippen LogP contribution in [0.25, 0.3) is 6.08 Å². The number of rotatable bonds is 6. The van der Waals surface area contributed by atoms with Crippen LogP contribution in [0.4, 0.5) is 10.5 Å². The molecule has 1 aliphatic heterocycles. The van der Waals surface area contributed by atoms with Gasteiger partial charge in [0.05, 0.1) is 16.4 Å². The van der Waals surface area contributed by atoms with Crippen molar-refractivity contribution in [3.05, 3.63) is 91.1 Å². The molecule has 0 saturated carbocycles. The minimum atomic E-state index is -0.780. The Morgan fingerprint density at radius 1 is 0.892 bits per heavy atom. The zero-order valence-corrected chi connectivity index (χ0v) is 23.4. The van der Waals surface area contributed by atoms with Gasteiger partial charge in [0.1, 0.15) is 12.2 Å². The lowest BCUT2D eigenvalue weighted by molar-refractivity contribution is -0.122. The van der Waals surface area contributed by atoms with Gasteiger partial charge in [-0.3, -0.25) is 14.9 Å². The fraction of sp³-hybridized carbons (Fsp3) is 0.207. The van der Waals surface area contributed by atoms with Crippen LogP contribution in [0, 0.1) is 31.3 Å². The Hall–Kier alpha value is -3.66. The van der Waals surface area contributed by atoms with Crippen LogP contribution >= 0.6 is 22.6 Å². The first-order valence-electron chi connectivity index (χ1n) is 11.6. The van der Waals surface area contributed by atoms with Crippen molar-refractivity contribution in [2.24, 2.45) is 0 Å². The van der Waals surface area contributed by atoms with Gasteiger partial charge in [-0.2, -0.15) is 0 Å². The Balaban J connectivity index is 1.64. The highest BCUT2D eigenvalue weighted by Crippen LogP contribution is 2.36. The molecule has 1 N–H and O–H groups in total. The normalized spacial score (nSPS) is 14.7. The van der Waals surface area contributed by atoms with Crippen LogP contribution in [-0.4, -0.2) is 25.0 Å². The summed E-state index contributed by atoms with van der Waals surface area (Å²) in [6, 6.07) is 14.1. The van der Waals surface area contributed by atoms with Gasteiger partial charge in [-0.15, -0.1) is 0 Å². The Morgan fingerprint density at radius 2 is 1.57 bits per heavy atom. The summed E-state index contributed by atoms with van der Waals surface area (Å²) in [5.41, 5.74) is 6.20. The molecular weight excluding hydrogens is 583 g/mol. The molecule has 4 amide bonds. The number of nitrogens with zero attached hydrogens (tertiary/aromatic N) is 1. The number of urea groups is 1. The number of barbiturate groups is 1. The zero-order chi connectivity index (χ0) is 26.9. The van der Waals surface area contributed by atoms with Crippen molar-refractivity contribution >= 4 is 52.2 Å². The maximum absolute atomic E-state index is 13.3. The van der Waals surface area contributed by atoms with E-state index in [4.69, 9.17) is 9.47 Å². The fourth-order valence-corrected chi connectivity index (χ4v) is 4.72. The molecule has 8 heteroatoms. The van der Waals surface area contributed by atoms with Crippen molar-refractivity contribution in [2.75, 3.05) is 12.0 Å². The van der Waals surface area contributed by atoms with Crippen molar-refractivity contribution in [2.45, 2.75) is 34.3 Å². The van der Waals surface area contributed by atoms with E-state index < -0.39 is 17.8 Å². The molecule has 1 heterocycles. The maximum Gasteiger partial charge on any atom is 0.335 e. The first-order chi connectivity index (χ1) is 17.6. The topological polar surface area (TPSA) is 84.9 Å². The SMILES string of the molecule is COc1cc(/C=C2\C(=O)NC(=O)N(c3ccc(C)c(C)c3)C2=O)cc(I)c1OCc1ccc(C)c(C)c1. The number of carbonyl (C=O) groups excluding carboxylic acids is 3. The molecule has 7 nitrogen and oxygen atoms in total. The lowest BCUT2D eigenvalue weighted by Gasteiger charge is -2.27. The lowest BCUT2D eigenvalue weighted by Crippen LogP contribution is -2.54. The number of amides is 4. The van der Waals surface area contributed by atoms with Crippen LogP contribution in [0.5, 0.6) is 11.5 Å². The minimum absolute atomic E-state index is 0.153. The van der Waals surface area contributed by atoms with Crippen LogP contribution in [0.15, 0.2) is 54.1 Å². The fourth-order valence-electron chi connectivity index (χ4n) is 3.94. The maximum atomic E-state index is 13.3. The summed E-state index contributed by atoms with van der Waals surface area (Å²) >= 11 is 2.13. The summed E-state index contributed by atoms with van der Waals surface area (Å²) in [5.74, 6) is -0.414. The van der Waals surface area contributed by atoms with Crippen LogP contribution < -0.4 is 19.7 Å². The summed E-state index contributed by atoms with van der Waals surface area (Å²) < 4.78 is 12.4. The van der Waals surface area contributed by atoms with Gasteiger partial charge in [0.2, 0.25) is 0 Å². The van der Waals surface area contributed by atoms with E-state index in [1.54, 1.807) is 24.3 Å². The number of aryl methyl sites for hydroxylation is 4. The van der Waals surface area contributed by atoms with E-state index in [0.29, 0.717) is 29.4 Å². The largest absolute Gasteiger partial charge is 0.493 e. The number of halogens is 1. The monoisotopic (exact) mass is 610 g/mol. The lowest BCUT2D eigenvalue weighted by atomic mass is 10.0. The van der Waals surface area contributed by atoms with Crippen LogP contribution in [-0.2, 0) is 16.2 Å². The van der Waals surface area contributed by atoms with E-state index in [-0.39, 0.29) is 5.57 Å². The number of hydrogen-bond acceptors (Lipinski definition) is 5. The second-order valence-corrected chi connectivity index (χ2v) is 10.1. The molecule has 0 bridgehead atoms. The molecule has 0 atom stereocenters. The molecule has 1 aliphatic rings. The van der Waals surface area contributed by atoms with Gasteiger partial charge in [0, 0.05) is 0 Å². The first-order valence-corrected chi connectivity index (χ1v) is 12.7. The highest BCUT2D eigenvalue weighted by atomic mass is 127. The molecule has 4 rings (SSSR count). The van der Waals surface area contributed by atoms with E-state index in [2.05, 4.69) is 53.9 Å². The molecule has 1 saturated heterocycles. The van der Waals surface area contributed by atoms with Crippen molar-refractivity contribution in [3.63, 3.8) is 0 Å². The molecule has 3 aromatic carbocycles. The molecule has 0 aliphatic carbocycles. The average Bonchev–Trinajstić information content (AvgIpc) is 2.85. The number of benzene rings is 3. The predicted octanol–water partition coefficient (Wildman–Crippen LogP) is 5.78. The first kappa shape index (κ1) is 26.4. The molecule has 0 radical (unpaired) electrons. The van der Waals surface area contributed by atoms with Gasteiger partial charge >= 0.3 is 6.03 Å². The van der Waals surface area contributed by atoms with Gasteiger partial charge in [0.25, 0.3) is 11.8 Å². The van der Waals surface area contributed by atoms with E-state index in [1.165, 1.54) is 24.3 Å². The zero-order valence-electron chi connectivity index (χ0n) is 21.3. The predicted molar refractivity (Wildman–Crippen MR) is 151 cm³/mol. The molecule has 0 unspecified atom stereocenters. The minimum Gasteiger partial charge on any atom is -0.493 e. The van der Waals surface area contributed by atoms with Crippen molar-refractivity contribution in [1.82, 2.24) is 5.32 Å². The summed E-state index contributed by atoms with van der Waals surface area (Å²) in [7, 11) is 1.53. The summed E-state index contributed by atoms with van der Waals surface area (Å²) in [6.07, 6.45) is 1.45. The average molecular weight is 610 g/mol. The highest BCUT2D eigenvalue weighted by molar-refractivity contribution is 14.1. The third kappa shape index (κ3) is 5.53. The quantitative estimate of drug-likeness (QED) is 0.218. The number of ether oxygens (including phenoxy) is 2. The second-order valence-electron chi connectivity index (χ2n) is 8.97. The molecule has 37 heavy (non-hydrogen) atoms. The van der Waals surface area contributed by atoms with E-state index >= 15 is 0 Å². The van der Waals surface area contributed by atoms with Gasteiger partial charge in [-0.25, -0.2) is 9.69 Å². The number of nitrogens with one attached hydrogen (secondary N) is 1. The summed E-state index contributed by atoms with van der Waals surface area (Å²) in [6.45, 7) is 8.32. The van der Waals surface area contributed by atoms with E-state index in [1.807, 2.05) is 26.0 Å². The van der Waals surface area contributed by atoms with Gasteiger partial charge in [0.15, 0.2) is 11.5 Å². The molecule has 1 fully saturated rings. The Bertz CT molecular complexity index is 1460. The van der Waals surface area contributed by atoms with Crippen LogP contribution in [0.2, 0.25) is 0 Å².